The van der Waals surface area contributed by atoms with Crippen molar-refractivity contribution in [3.05, 3.63) is 71.5 Å². The molecule has 0 unspecified atom stereocenters. The molecule has 1 aliphatic rings. The lowest BCUT2D eigenvalue weighted by molar-refractivity contribution is 0.0686. The number of nitrogens with zero attached hydrogens (tertiary/aromatic N) is 4. The summed E-state index contributed by atoms with van der Waals surface area (Å²) in [5.41, 5.74) is 1.42. The predicted octanol–water partition coefficient (Wildman–Crippen LogP) is 3.16. The summed E-state index contributed by atoms with van der Waals surface area (Å²) in [7, 11) is 1.77. The van der Waals surface area contributed by atoms with E-state index in [1.807, 2.05) is 11.0 Å². The van der Waals surface area contributed by atoms with Crippen LogP contribution >= 0.6 is 0 Å². The SMILES string of the molecule is Cn1nccc1C(=O)N1CCC[C@H](c2ncc(Cc3cccc(F)c3)o2)C1. The zero-order chi connectivity index (χ0) is 18.8. The molecule has 1 saturated heterocycles. The Bertz CT molecular complexity index is 949. The Kier molecular flexibility index (Phi) is 4.75. The minimum atomic E-state index is -0.260. The molecule has 3 aromatic rings. The first-order chi connectivity index (χ1) is 13.1. The van der Waals surface area contributed by atoms with Crippen LogP contribution in [-0.4, -0.2) is 38.7 Å². The van der Waals surface area contributed by atoms with E-state index in [0.29, 0.717) is 30.3 Å². The zero-order valence-electron chi connectivity index (χ0n) is 15.1. The minimum absolute atomic E-state index is 0.0220. The molecule has 7 heteroatoms. The van der Waals surface area contributed by atoms with Gasteiger partial charge in [0.2, 0.25) is 0 Å². The summed E-state index contributed by atoms with van der Waals surface area (Å²) in [6.07, 6.45) is 5.64. The summed E-state index contributed by atoms with van der Waals surface area (Å²) in [5.74, 6) is 1.13. The third-order valence-electron chi connectivity index (χ3n) is 4.94. The van der Waals surface area contributed by atoms with Gasteiger partial charge < -0.3 is 9.32 Å². The van der Waals surface area contributed by atoms with Crippen molar-refractivity contribution < 1.29 is 13.6 Å². The topological polar surface area (TPSA) is 64.2 Å². The van der Waals surface area contributed by atoms with E-state index in [1.54, 1.807) is 36.3 Å². The molecule has 1 atom stereocenters. The number of oxazole rings is 1. The first-order valence-corrected chi connectivity index (χ1v) is 9.06. The van der Waals surface area contributed by atoms with Crippen molar-refractivity contribution in [2.75, 3.05) is 13.1 Å². The number of hydrogen-bond donors (Lipinski definition) is 0. The molecule has 1 aromatic carbocycles. The van der Waals surface area contributed by atoms with Crippen molar-refractivity contribution in [2.24, 2.45) is 7.05 Å². The Balaban J connectivity index is 1.45. The summed E-state index contributed by atoms with van der Waals surface area (Å²) < 4.78 is 20.9. The quantitative estimate of drug-likeness (QED) is 0.710. The second-order valence-electron chi connectivity index (χ2n) is 6.90. The Morgan fingerprint density at radius 2 is 2.26 bits per heavy atom. The number of benzene rings is 1. The van der Waals surface area contributed by atoms with Crippen molar-refractivity contribution in [1.82, 2.24) is 19.7 Å². The van der Waals surface area contributed by atoms with E-state index < -0.39 is 0 Å². The zero-order valence-corrected chi connectivity index (χ0v) is 15.1. The highest BCUT2D eigenvalue weighted by Gasteiger charge is 2.29. The van der Waals surface area contributed by atoms with Crippen molar-refractivity contribution in [2.45, 2.75) is 25.2 Å². The van der Waals surface area contributed by atoms with Crippen LogP contribution in [0.5, 0.6) is 0 Å². The van der Waals surface area contributed by atoms with E-state index in [-0.39, 0.29) is 17.6 Å². The van der Waals surface area contributed by atoms with Gasteiger partial charge >= 0.3 is 0 Å². The van der Waals surface area contributed by atoms with Gasteiger partial charge in [-0.25, -0.2) is 9.37 Å². The Morgan fingerprint density at radius 1 is 1.37 bits per heavy atom. The Morgan fingerprint density at radius 3 is 3.04 bits per heavy atom. The number of likely N-dealkylation sites (tertiary alicyclic amines) is 1. The minimum Gasteiger partial charge on any atom is -0.445 e. The van der Waals surface area contributed by atoms with Gasteiger partial charge in [-0.2, -0.15) is 5.10 Å². The molecule has 1 aliphatic heterocycles. The summed E-state index contributed by atoms with van der Waals surface area (Å²) in [6, 6.07) is 8.20. The molecule has 6 nitrogen and oxygen atoms in total. The fraction of sp³-hybridized carbons (Fsp3) is 0.350. The lowest BCUT2D eigenvalue weighted by Crippen LogP contribution is -2.40. The summed E-state index contributed by atoms with van der Waals surface area (Å²) in [5, 5.41) is 4.07. The smallest absolute Gasteiger partial charge is 0.272 e. The van der Waals surface area contributed by atoms with Crippen LogP contribution in [0.3, 0.4) is 0 Å². The van der Waals surface area contributed by atoms with Crippen LogP contribution in [0, 0.1) is 5.82 Å². The molecular formula is C20H21FN4O2. The highest BCUT2D eigenvalue weighted by Crippen LogP contribution is 2.28. The highest BCUT2D eigenvalue weighted by molar-refractivity contribution is 5.92. The van der Waals surface area contributed by atoms with Crippen molar-refractivity contribution in [1.29, 1.82) is 0 Å². The Hall–Kier alpha value is -2.96. The van der Waals surface area contributed by atoms with Gasteiger partial charge in [0.1, 0.15) is 17.3 Å². The average molecular weight is 368 g/mol. The third-order valence-corrected chi connectivity index (χ3v) is 4.94. The van der Waals surface area contributed by atoms with Crippen LogP contribution in [0.2, 0.25) is 0 Å². The lowest BCUT2D eigenvalue weighted by atomic mass is 9.97. The van der Waals surface area contributed by atoms with Crippen LogP contribution < -0.4 is 0 Å². The molecule has 27 heavy (non-hydrogen) atoms. The normalized spacial score (nSPS) is 17.3. The van der Waals surface area contributed by atoms with E-state index in [2.05, 4.69) is 10.1 Å². The largest absolute Gasteiger partial charge is 0.445 e. The Labute approximate surface area is 156 Å². The maximum atomic E-state index is 13.3. The number of hydrogen-bond acceptors (Lipinski definition) is 4. The van der Waals surface area contributed by atoms with E-state index in [9.17, 15) is 9.18 Å². The second-order valence-corrected chi connectivity index (χ2v) is 6.90. The van der Waals surface area contributed by atoms with Crippen molar-refractivity contribution >= 4 is 5.91 Å². The van der Waals surface area contributed by atoms with E-state index >= 15 is 0 Å². The van der Waals surface area contributed by atoms with Crippen LogP contribution in [0.15, 0.2) is 47.1 Å². The molecular weight excluding hydrogens is 347 g/mol. The first kappa shape index (κ1) is 17.5. The van der Waals surface area contributed by atoms with E-state index in [4.69, 9.17) is 4.42 Å². The number of amides is 1. The van der Waals surface area contributed by atoms with Gasteiger partial charge in [-0.05, 0) is 36.6 Å². The molecule has 1 fully saturated rings. The van der Waals surface area contributed by atoms with Gasteiger partial charge in [-0.15, -0.1) is 0 Å². The van der Waals surface area contributed by atoms with Crippen LogP contribution in [-0.2, 0) is 13.5 Å². The molecule has 0 radical (unpaired) electrons. The number of carbonyl (C=O) groups is 1. The molecule has 4 rings (SSSR count). The molecule has 1 amide bonds. The van der Waals surface area contributed by atoms with Crippen LogP contribution in [0.25, 0.3) is 0 Å². The molecule has 0 N–H and O–H groups in total. The molecule has 2 aromatic heterocycles. The van der Waals surface area contributed by atoms with Crippen molar-refractivity contribution in [3.63, 3.8) is 0 Å². The standard InChI is InChI=1S/C20H21FN4O2/c1-24-18(7-8-23-24)20(26)25-9-3-5-15(13-25)19-22-12-17(27-19)11-14-4-2-6-16(21)10-14/h2,4,6-8,10,12,15H,3,5,9,11,13H2,1H3/t15-/m0/s1. The summed E-state index contributed by atoms with van der Waals surface area (Å²) in [4.78, 5) is 19.0. The predicted molar refractivity (Wildman–Crippen MR) is 96.8 cm³/mol. The number of aromatic nitrogens is 3. The highest BCUT2D eigenvalue weighted by atomic mass is 19.1. The summed E-state index contributed by atoms with van der Waals surface area (Å²) in [6.45, 7) is 1.29. The number of piperidine rings is 1. The molecule has 0 saturated carbocycles. The molecule has 0 aliphatic carbocycles. The maximum absolute atomic E-state index is 13.3. The number of aryl methyl sites for hydroxylation is 1. The number of halogens is 1. The molecule has 140 valence electrons. The average Bonchev–Trinajstić information content (AvgIpc) is 3.30. The van der Waals surface area contributed by atoms with E-state index in [0.717, 1.165) is 24.9 Å². The number of rotatable bonds is 4. The summed E-state index contributed by atoms with van der Waals surface area (Å²) >= 11 is 0. The maximum Gasteiger partial charge on any atom is 0.272 e. The van der Waals surface area contributed by atoms with Gasteiger partial charge in [-0.3, -0.25) is 9.48 Å². The van der Waals surface area contributed by atoms with Gasteiger partial charge in [0.25, 0.3) is 5.91 Å². The van der Waals surface area contributed by atoms with E-state index in [1.165, 1.54) is 12.1 Å². The fourth-order valence-electron chi connectivity index (χ4n) is 3.55. The molecule has 3 heterocycles. The van der Waals surface area contributed by atoms with Gasteiger partial charge in [0.15, 0.2) is 5.89 Å². The van der Waals surface area contributed by atoms with Gasteiger partial charge in [-0.1, -0.05) is 12.1 Å². The van der Waals surface area contributed by atoms with Gasteiger partial charge in [0, 0.05) is 32.8 Å². The van der Waals surface area contributed by atoms with Crippen molar-refractivity contribution in [3.8, 4) is 0 Å². The van der Waals surface area contributed by atoms with Crippen LogP contribution in [0.4, 0.5) is 4.39 Å². The molecule has 0 spiro atoms. The van der Waals surface area contributed by atoms with Gasteiger partial charge in [0.05, 0.1) is 12.1 Å². The molecule has 0 bridgehead atoms. The lowest BCUT2D eigenvalue weighted by Gasteiger charge is -2.31. The number of carbonyl (C=O) groups excluding carboxylic acids is 1. The fourth-order valence-corrected chi connectivity index (χ4v) is 3.55. The van der Waals surface area contributed by atoms with Crippen LogP contribution in [0.1, 0.15) is 46.5 Å². The first-order valence-electron chi connectivity index (χ1n) is 9.06. The monoisotopic (exact) mass is 368 g/mol. The second kappa shape index (κ2) is 7.34. The third kappa shape index (κ3) is 3.77.